The van der Waals surface area contributed by atoms with Gasteiger partial charge in [0.05, 0.1) is 18.8 Å². The molecule has 2 fully saturated rings. The fraction of sp³-hybridized carbons (Fsp3) is 0.409. The molecule has 29 heavy (non-hydrogen) atoms. The van der Waals surface area contributed by atoms with Crippen molar-refractivity contribution < 1.29 is 9.53 Å². The SMILES string of the molecule is COc1cc(Cl)ccc1C(=O)NC1CCN(C2CC(c3ccccc3)NN2)CC1. The number of carbonyl (C=O) groups excluding carboxylic acids is 1. The lowest BCUT2D eigenvalue weighted by molar-refractivity contribution is 0.0877. The minimum absolute atomic E-state index is 0.109. The summed E-state index contributed by atoms with van der Waals surface area (Å²) in [7, 11) is 1.55. The van der Waals surface area contributed by atoms with Crippen molar-refractivity contribution in [3.63, 3.8) is 0 Å². The summed E-state index contributed by atoms with van der Waals surface area (Å²) >= 11 is 5.99. The first-order valence-electron chi connectivity index (χ1n) is 10.1. The van der Waals surface area contributed by atoms with E-state index in [-0.39, 0.29) is 11.9 Å². The van der Waals surface area contributed by atoms with Crippen LogP contribution in [0.2, 0.25) is 5.02 Å². The van der Waals surface area contributed by atoms with E-state index in [0.29, 0.717) is 28.5 Å². The van der Waals surface area contributed by atoms with Crippen molar-refractivity contribution in [2.24, 2.45) is 0 Å². The highest BCUT2D eigenvalue weighted by molar-refractivity contribution is 6.30. The van der Waals surface area contributed by atoms with Crippen LogP contribution in [-0.2, 0) is 0 Å². The van der Waals surface area contributed by atoms with E-state index in [1.807, 2.05) is 6.07 Å². The van der Waals surface area contributed by atoms with Crippen molar-refractivity contribution in [2.45, 2.75) is 37.5 Å². The lowest BCUT2D eigenvalue weighted by Crippen LogP contribution is -2.51. The first kappa shape index (κ1) is 20.2. The Bertz CT molecular complexity index is 840. The van der Waals surface area contributed by atoms with Gasteiger partial charge >= 0.3 is 0 Å². The molecule has 3 N–H and O–H groups in total. The highest BCUT2D eigenvalue weighted by atomic mass is 35.5. The zero-order valence-corrected chi connectivity index (χ0v) is 17.3. The molecule has 2 aromatic rings. The number of nitrogens with one attached hydrogen (secondary N) is 3. The zero-order chi connectivity index (χ0) is 20.2. The number of hydrogen-bond donors (Lipinski definition) is 3. The van der Waals surface area contributed by atoms with Crippen molar-refractivity contribution in [3.05, 3.63) is 64.7 Å². The van der Waals surface area contributed by atoms with Crippen LogP contribution in [0.25, 0.3) is 0 Å². The van der Waals surface area contributed by atoms with Crippen molar-refractivity contribution >= 4 is 17.5 Å². The van der Waals surface area contributed by atoms with Gasteiger partial charge in [0.2, 0.25) is 0 Å². The number of hydrogen-bond acceptors (Lipinski definition) is 5. The highest BCUT2D eigenvalue weighted by Crippen LogP contribution is 2.26. The van der Waals surface area contributed by atoms with Crippen LogP contribution in [0.5, 0.6) is 5.75 Å². The number of carbonyl (C=O) groups is 1. The summed E-state index contributed by atoms with van der Waals surface area (Å²) in [6, 6.07) is 16.1. The van der Waals surface area contributed by atoms with Gasteiger partial charge < -0.3 is 10.1 Å². The summed E-state index contributed by atoms with van der Waals surface area (Å²) in [5.74, 6) is 0.391. The van der Waals surface area contributed by atoms with Gasteiger partial charge in [-0.2, -0.15) is 0 Å². The van der Waals surface area contributed by atoms with Crippen LogP contribution < -0.4 is 20.9 Å². The number of ether oxygens (including phenoxy) is 1. The topological polar surface area (TPSA) is 65.6 Å². The van der Waals surface area contributed by atoms with Crippen LogP contribution in [0.4, 0.5) is 0 Å². The summed E-state index contributed by atoms with van der Waals surface area (Å²) < 4.78 is 5.30. The summed E-state index contributed by atoms with van der Waals surface area (Å²) in [5.41, 5.74) is 8.68. The minimum atomic E-state index is -0.109. The van der Waals surface area contributed by atoms with Crippen LogP contribution in [0.15, 0.2) is 48.5 Å². The number of nitrogens with zero attached hydrogens (tertiary/aromatic N) is 1. The molecule has 2 saturated heterocycles. The second kappa shape index (κ2) is 9.13. The molecule has 154 valence electrons. The van der Waals surface area contributed by atoms with Crippen LogP contribution in [0.3, 0.4) is 0 Å². The molecule has 6 nitrogen and oxygen atoms in total. The quantitative estimate of drug-likeness (QED) is 0.701. The number of rotatable bonds is 5. The maximum Gasteiger partial charge on any atom is 0.255 e. The second-order valence-electron chi connectivity index (χ2n) is 7.63. The third kappa shape index (κ3) is 4.73. The average molecular weight is 415 g/mol. The van der Waals surface area contributed by atoms with E-state index in [1.165, 1.54) is 5.56 Å². The van der Waals surface area contributed by atoms with Crippen LogP contribution in [0.1, 0.15) is 41.2 Å². The molecule has 0 aromatic heterocycles. The molecule has 2 unspecified atom stereocenters. The molecule has 0 aliphatic carbocycles. The Labute approximate surface area is 176 Å². The van der Waals surface area contributed by atoms with Gasteiger partial charge in [0.25, 0.3) is 5.91 Å². The lowest BCUT2D eigenvalue weighted by Gasteiger charge is -2.35. The number of hydrazine groups is 1. The zero-order valence-electron chi connectivity index (χ0n) is 16.5. The Morgan fingerprint density at radius 3 is 2.62 bits per heavy atom. The number of likely N-dealkylation sites (tertiary alicyclic amines) is 1. The molecule has 2 aliphatic heterocycles. The third-order valence-electron chi connectivity index (χ3n) is 5.80. The van der Waals surface area contributed by atoms with Gasteiger partial charge in [0, 0.05) is 30.2 Å². The predicted octanol–water partition coefficient (Wildman–Crippen LogP) is 3.11. The van der Waals surface area contributed by atoms with Gasteiger partial charge in [-0.1, -0.05) is 41.9 Å². The summed E-state index contributed by atoms with van der Waals surface area (Å²) in [6.45, 7) is 1.90. The summed E-state index contributed by atoms with van der Waals surface area (Å²) in [4.78, 5) is 15.1. The van der Waals surface area contributed by atoms with E-state index >= 15 is 0 Å². The van der Waals surface area contributed by atoms with Crippen LogP contribution in [-0.4, -0.2) is 43.2 Å². The molecule has 2 aromatic carbocycles. The normalized spacial score (nSPS) is 23.1. The first-order chi connectivity index (χ1) is 14.1. The van der Waals surface area contributed by atoms with Gasteiger partial charge in [-0.05, 0) is 43.0 Å². The molecule has 2 atom stereocenters. The number of amides is 1. The Balaban J connectivity index is 1.28. The number of benzene rings is 2. The molecular weight excluding hydrogens is 388 g/mol. The Kier molecular flexibility index (Phi) is 6.35. The van der Waals surface area contributed by atoms with Crippen molar-refractivity contribution in [2.75, 3.05) is 20.2 Å². The van der Waals surface area contributed by atoms with E-state index in [9.17, 15) is 4.79 Å². The largest absolute Gasteiger partial charge is 0.496 e. The van der Waals surface area contributed by atoms with Gasteiger partial charge in [-0.15, -0.1) is 0 Å². The fourth-order valence-electron chi connectivity index (χ4n) is 4.15. The Morgan fingerprint density at radius 2 is 1.90 bits per heavy atom. The average Bonchev–Trinajstić information content (AvgIpc) is 3.25. The van der Waals surface area contributed by atoms with Crippen LogP contribution in [0, 0.1) is 0 Å². The van der Waals surface area contributed by atoms with Gasteiger partial charge in [0.1, 0.15) is 5.75 Å². The highest BCUT2D eigenvalue weighted by Gasteiger charge is 2.32. The third-order valence-corrected chi connectivity index (χ3v) is 6.03. The molecule has 0 bridgehead atoms. The summed E-state index contributed by atoms with van der Waals surface area (Å²) in [5, 5.41) is 3.70. The van der Waals surface area contributed by atoms with Gasteiger partial charge in [-0.25, -0.2) is 10.9 Å². The Morgan fingerprint density at radius 1 is 1.14 bits per heavy atom. The molecule has 0 radical (unpaired) electrons. The maximum atomic E-state index is 12.7. The lowest BCUT2D eigenvalue weighted by atomic mass is 10.0. The van der Waals surface area contributed by atoms with E-state index in [1.54, 1.807) is 25.3 Å². The fourth-order valence-corrected chi connectivity index (χ4v) is 4.32. The molecule has 2 aliphatic rings. The van der Waals surface area contributed by atoms with Crippen molar-refractivity contribution in [1.82, 2.24) is 21.1 Å². The van der Waals surface area contributed by atoms with E-state index < -0.39 is 0 Å². The predicted molar refractivity (Wildman–Crippen MR) is 114 cm³/mol. The van der Waals surface area contributed by atoms with E-state index in [2.05, 4.69) is 45.3 Å². The number of methoxy groups -OCH3 is 1. The van der Waals surface area contributed by atoms with Gasteiger partial charge in [0.15, 0.2) is 0 Å². The van der Waals surface area contributed by atoms with E-state index in [4.69, 9.17) is 16.3 Å². The smallest absolute Gasteiger partial charge is 0.255 e. The Hall–Kier alpha value is -2.12. The first-order valence-corrected chi connectivity index (χ1v) is 10.5. The monoisotopic (exact) mass is 414 g/mol. The molecular formula is C22H27ClN4O2. The molecule has 4 rings (SSSR count). The number of piperidine rings is 1. The standard InChI is InChI=1S/C22H27ClN4O2/c1-29-20-13-16(23)7-8-18(20)22(28)24-17-9-11-27(12-10-17)21-14-19(25-26-21)15-5-3-2-4-6-15/h2-8,13,17,19,21,25-26H,9-12,14H2,1H3,(H,24,28). The van der Waals surface area contributed by atoms with Gasteiger partial charge in [-0.3, -0.25) is 9.69 Å². The maximum absolute atomic E-state index is 12.7. The number of halogens is 1. The minimum Gasteiger partial charge on any atom is -0.496 e. The molecule has 7 heteroatoms. The molecule has 1 amide bonds. The molecule has 0 spiro atoms. The van der Waals surface area contributed by atoms with Crippen molar-refractivity contribution in [3.8, 4) is 5.75 Å². The molecule has 0 saturated carbocycles. The van der Waals surface area contributed by atoms with Crippen molar-refractivity contribution in [1.29, 1.82) is 0 Å². The van der Waals surface area contributed by atoms with Crippen LogP contribution >= 0.6 is 11.6 Å². The molecule has 2 heterocycles. The second-order valence-corrected chi connectivity index (χ2v) is 8.07. The summed E-state index contributed by atoms with van der Waals surface area (Å²) in [6.07, 6.45) is 3.20. The van der Waals surface area contributed by atoms with E-state index in [0.717, 1.165) is 32.4 Å².